The highest BCUT2D eigenvalue weighted by Gasteiger charge is 2.42. The van der Waals surface area contributed by atoms with Crippen LogP contribution >= 0.6 is 0 Å². The largest absolute Gasteiger partial charge is 0.356 e. The molecule has 0 saturated carbocycles. The molecule has 0 bridgehead atoms. The number of rotatable bonds is 15. The molecule has 0 heterocycles. The molecule has 268 valence electrons. The highest BCUT2D eigenvalue weighted by atomic mass is 14.9. The Morgan fingerprint density at radius 1 is 0.453 bits per heavy atom. The number of benzene rings is 6. The fourth-order valence-corrected chi connectivity index (χ4v) is 9.03. The number of hydrogen-bond donors (Lipinski definition) is 1. The maximum Gasteiger partial charge on any atom is 0.0390 e. The van der Waals surface area contributed by atoms with Crippen molar-refractivity contribution in [2.45, 2.75) is 103 Å². The summed E-state index contributed by atoms with van der Waals surface area (Å²) >= 11 is 0. The zero-order valence-electron chi connectivity index (χ0n) is 32.1. The Balaban J connectivity index is 1.11. The van der Waals surface area contributed by atoms with E-state index in [4.69, 9.17) is 0 Å². The Kier molecular flexibility index (Phi) is 10.4. The third-order valence-corrected chi connectivity index (χ3v) is 12.2. The van der Waals surface area contributed by atoms with E-state index < -0.39 is 0 Å². The van der Waals surface area contributed by atoms with Gasteiger partial charge in [0.1, 0.15) is 0 Å². The van der Waals surface area contributed by atoms with Crippen LogP contribution in [0.5, 0.6) is 0 Å². The van der Waals surface area contributed by atoms with Crippen molar-refractivity contribution >= 4 is 11.4 Å². The van der Waals surface area contributed by atoms with Gasteiger partial charge in [0.25, 0.3) is 0 Å². The second-order valence-corrected chi connectivity index (χ2v) is 15.9. The van der Waals surface area contributed by atoms with Crippen LogP contribution in [-0.2, 0) is 18.3 Å². The molecule has 0 aromatic heterocycles. The van der Waals surface area contributed by atoms with E-state index in [9.17, 15) is 0 Å². The Morgan fingerprint density at radius 3 is 1.55 bits per heavy atom. The number of aryl methyl sites for hydroxylation is 3. The predicted octanol–water partition coefficient (Wildman–Crippen LogP) is 15.0. The van der Waals surface area contributed by atoms with Crippen molar-refractivity contribution in [3.8, 4) is 44.5 Å². The zero-order chi connectivity index (χ0) is 36.2. The van der Waals surface area contributed by atoms with E-state index in [0.29, 0.717) is 0 Å². The second-order valence-electron chi connectivity index (χ2n) is 15.9. The van der Waals surface area contributed by atoms with Gasteiger partial charge in [-0.15, -0.1) is 0 Å². The van der Waals surface area contributed by atoms with Gasteiger partial charge in [0.15, 0.2) is 0 Å². The van der Waals surface area contributed by atoms with E-state index in [-0.39, 0.29) is 5.41 Å². The first kappa shape index (κ1) is 35.2. The van der Waals surface area contributed by atoms with E-state index in [1.165, 1.54) is 138 Å². The van der Waals surface area contributed by atoms with Crippen molar-refractivity contribution in [3.05, 3.63) is 155 Å². The first-order chi connectivity index (χ1) is 26.0. The minimum atomic E-state index is 0.0368. The molecule has 1 heteroatoms. The maximum absolute atomic E-state index is 3.69. The van der Waals surface area contributed by atoms with Gasteiger partial charge in [0, 0.05) is 16.8 Å². The van der Waals surface area contributed by atoms with Gasteiger partial charge >= 0.3 is 0 Å². The molecular formula is C52H55N. The van der Waals surface area contributed by atoms with Gasteiger partial charge in [-0.1, -0.05) is 162 Å². The van der Waals surface area contributed by atoms with Gasteiger partial charge in [-0.25, -0.2) is 0 Å². The molecule has 6 aromatic rings. The van der Waals surface area contributed by atoms with Gasteiger partial charge in [0.2, 0.25) is 0 Å². The van der Waals surface area contributed by atoms with Crippen molar-refractivity contribution in [1.29, 1.82) is 0 Å². The minimum Gasteiger partial charge on any atom is -0.356 e. The molecule has 53 heavy (non-hydrogen) atoms. The van der Waals surface area contributed by atoms with E-state index in [2.05, 4.69) is 153 Å². The van der Waals surface area contributed by atoms with Crippen LogP contribution in [0.1, 0.15) is 106 Å². The SMILES string of the molecule is CCCCCCC1(CCCCCC)c2cc(-c3ccc(C)cc3)ccc2-c2ccc(-c3ccc(Nc4cccc(-c5ccc6c(c5)CC6)c4)cc3)cc21. The van der Waals surface area contributed by atoms with Crippen LogP contribution in [-0.4, -0.2) is 0 Å². The number of fused-ring (bicyclic) bond motifs is 4. The topological polar surface area (TPSA) is 12.0 Å². The van der Waals surface area contributed by atoms with Crippen molar-refractivity contribution in [1.82, 2.24) is 0 Å². The molecule has 2 aliphatic carbocycles. The standard InChI is InChI=1S/C52H55N/c1-4-6-8-10-31-52(32-11-9-7-5-2)50-35-44(38-17-15-37(3)16-18-38)25-29-48(50)49-30-26-45(36-51(49)52)40-23-27-46(28-24-40)53-47-14-12-13-41(34-47)43-22-20-39-19-21-42(39)33-43/h12-18,20,22-30,33-36,53H,4-11,19,21,31-32H2,1-3H3. The highest BCUT2D eigenvalue weighted by Crippen LogP contribution is 2.56. The zero-order valence-corrected chi connectivity index (χ0v) is 32.1. The van der Waals surface area contributed by atoms with Crippen molar-refractivity contribution in [2.24, 2.45) is 0 Å². The molecule has 0 spiro atoms. The average Bonchev–Trinajstić information content (AvgIpc) is 3.44. The van der Waals surface area contributed by atoms with Crippen LogP contribution in [0.2, 0.25) is 0 Å². The molecule has 0 radical (unpaired) electrons. The summed E-state index contributed by atoms with van der Waals surface area (Å²) in [6, 6.07) is 48.7. The summed E-state index contributed by atoms with van der Waals surface area (Å²) in [4.78, 5) is 0. The summed E-state index contributed by atoms with van der Waals surface area (Å²) in [6.45, 7) is 6.83. The predicted molar refractivity (Wildman–Crippen MR) is 228 cm³/mol. The summed E-state index contributed by atoms with van der Waals surface area (Å²) < 4.78 is 0. The number of nitrogens with one attached hydrogen (secondary N) is 1. The van der Waals surface area contributed by atoms with Crippen LogP contribution in [0, 0.1) is 6.92 Å². The smallest absolute Gasteiger partial charge is 0.0390 e. The summed E-state index contributed by atoms with van der Waals surface area (Å²) in [5.41, 5.74) is 20.4. The molecule has 0 unspecified atom stereocenters. The quantitative estimate of drug-likeness (QED) is 0.106. The van der Waals surface area contributed by atoms with E-state index >= 15 is 0 Å². The number of unbranched alkanes of at least 4 members (excludes halogenated alkanes) is 6. The Hall–Kier alpha value is -4.88. The third kappa shape index (κ3) is 7.24. The Morgan fingerprint density at radius 2 is 0.981 bits per heavy atom. The third-order valence-electron chi connectivity index (χ3n) is 12.2. The normalized spacial score (nSPS) is 13.6. The molecule has 0 aliphatic heterocycles. The lowest BCUT2D eigenvalue weighted by atomic mass is 9.70. The average molecular weight is 694 g/mol. The Labute approximate surface area is 318 Å². The minimum absolute atomic E-state index is 0.0368. The van der Waals surface area contributed by atoms with E-state index in [1.807, 2.05) is 0 Å². The van der Waals surface area contributed by atoms with Crippen LogP contribution < -0.4 is 5.32 Å². The summed E-state index contributed by atoms with van der Waals surface area (Å²) in [5, 5.41) is 3.69. The summed E-state index contributed by atoms with van der Waals surface area (Å²) in [6.07, 6.45) is 15.2. The lowest BCUT2D eigenvalue weighted by Gasteiger charge is -2.33. The molecule has 1 nitrogen and oxygen atoms in total. The van der Waals surface area contributed by atoms with E-state index in [1.54, 1.807) is 11.1 Å². The first-order valence-corrected chi connectivity index (χ1v) is 20.5. The van der Waals surface area contributed by atoms with Crippen molar-refractivity contribution in [3.63, 3.8) is 0 Å². The molecule has 1 N–H and O–H groups in total. The molecular weight excluding hydrogens is 639 g/mol. The summed E-state index contributed by atoms with van der Waals surface area (Å²) in [5.74, 6) is 0. The number of anilines is 2. The van der Waals surface area contributed by atoms with Gasteiger partial charge < -0.3 is 5.32 Å². The highest BCUT2D eigenvalue weighted by molar-refractivity contribution is 5.86. The fraction of sp³-hybridized carbons (Fsp3) is 0.308. The lowest BCUT2D eigenvalue weighted by molar-refractivity contribution is 0.401. The first-order valence-electron chi connectivity index (χ1n) is 20.5. The van der Waals surface area contributed by atoms with Crippen LogP contribution in [0.25, 0.3) is 44.5 Å². The van der Waals surface area contributed by atoms with Crippen molar-refractivity contribution < 1.29 is 0 Å². The second kappa shape index (κ2) is 15.6. The van der Waals surface area contributed by atoms with Gasteiger partial charge in [-0.2, -0.15) is 0 Å². The number of hydrogen-bond acceptors (Lipinski definition) is 1. The van der Waals surface area contributed by atoms with Gasteiger partial charge in [-0.05, 0) is 136 Å². The molecule has 0 amide bonds. The van der Waals surface area contributed by atoms with Crippen LogP contribution in [0.15, 0.2) is 127 Å². The molecule has 6 aromatic carbocycles. The molecule has 0 saturated heterocycles. The fourth-order valence-electron chi connectivity index (χ4n) is 9.03. The Bertz CT molecular complexity index is 2170. The molecule has 2 aliphatic rings. The summed E-state index contributed by atoms with van der Waals surface area (Å²) in [7, 11) is 0. The van der Waals surface area contributed by atoms with Crippen molar-refractivity contribution in [2.75, 3.05) is 5.32 Å². The van der Waals surface area contributed by atoms with Crippen LogP contribution in [0.4, 0.5) is 11.4 Å². The monoisotopic (exact) mass is 693 g/mol. The van der Waals surface area contributed by atoms with E-state index in [0.717, 1.165) is 11.4 Å². The van der Waals surface area contributed by atoms with Gasteiger partial charge in [0.05, 0.1) is 0 Å². The maximum atomic E-state index is 3.69. The molecule has 8 rings (SSSR count). The lowest BCUT2D eigenvalue weighted by Crippen LogP contribution is -2.25. The molecule has 0 fully saturated rings. The van der Waals surface area contributed by atoms with Crippen LogP contribution in [0.3, 0.4) is 0 Å². The molecule has 0 atom stereocenters. The van der Waals surface area contributed by atoms with Gasteiger partial charge in [-0.3, -0.25) is 0 Å².